The fraction of sp³-hybridized carbons (Fsp3) is 0.190. The number of nitrogens with zero attached hydrogens (tertiary/aromatic N) is 2. The summed E-state index contributed by atoms with van der Waals surface area (Å²) in [6.07, 6.45) is -0.228. The summed E-state index contributed by atoms with van der Waals surface area (Å²) < 4.78 is 10.3. The van der Waals surface area contributed by atoms with Gasteiger partial charge in [0.2, 0.25) is 23.5 Å². The van der Waals surface area contributed by atoms with Crippen LogP contribution < -0.4 is 15.8 Å². The number of amides is 2. The van der Waals surface area contributed by atoms with Crippen molar-refractivity contribution in [2.75, 3.05) is 0 Å². The second kappa shape index (κ2) is 9.97. The van der Waals surface area contributed by atoms with Gasteiger partial charge in [0, 0.05) is 18.4 Å². The maximum absolute atomic E-state index is 12.2. The number of ether oxygens (including phenoxy) is 1. The fourth-order valence-electron chi connectivity index (χ4n) is 2.60. The number of aryl methyl sites for hydroxylation is 1. The van der Waals surface area contributed by atoms with E-state index in [4.69, 9.17) is 15.0 Å². The Bertz CT molecular complexity index is 1000. The van der Waals surface area contributed by atoms with Crippen LogP contribution in [0.4, 0.5) is 0 Å². The van der Waals surface area contributed by atoms with E-state index in [1.165, 1.54) is 0 Å². The number of hydrogen-bond donors (Lipinski definition) is 2. The lowest BCUT2D eigenvalue weighted by Gasteiger charge is -2.14. The van der Waals surface area contributed by atoms with Crippen LogP contribution in [0.5, 0.6) is 5.75 Å². The Kier molecular flexibility index (Phi) is 6.88. The number of rotatable bonds is 9. The van der Waals surface area contributed by atoms with Crippen molar-refractivity contribution in [2.24, 2.45) is 5.73 Å². The highest BCUT2D eigenvalue weighted by molar-refractivity contribution is 5.90. The van der Waals surface area contributed by atoms with Crippen LogP contribution in [0.2, 0.25) is 0 Å². The molecule has 1 heterocycles. The van der Waals surface area contributed by atoms with Gasteiger partial charge in [-0.05, 0) is 12.1 Å². The van der Waals surface area contributed by atoms with Crippen LogP contribution in [0, 0.1) is 0 Å². The van der Waals surface area contributed by atoms with E-state index in [1.807, 2.05) is 30.3 Å². The Balaban J connectivity index is 1.50. The van der Waals surface area contributed by atoms with Crippen LogP contribution in [0.1, 0.15) is 18.7 Å². The Morgan fingerprint density at radius 2 is 1.70 bits per heavy atom. The summed E-state index contributed by atoms with van der Waals surface area (Å²) in [4.78, 5) is 40.1. The normalized spacial score (nSPS) is 11.5. The lowest BCUT2D eigenvalue weighted by Crippen LogP contribution is -2.46. The van der Waals surface area contributed by atoms with Crippen LogP contribution in [0.3, 0.4) is 0 Å². The number of carbonyl (C=O) groups is 3. The van der Waals surface area contributed by atoms with Crippen molar-refractivity contribution in [3.8, 4) is 17.1 Å². The lowest BCUT2D eigenvalue weighted by atomic mass is 10.2. The topological polar surface area (TPSA) is 137 Å². The van der Waals surface area contributed by atoms with E-state index >= 15 is 0 Å². The molecular weight excluding hydrogens is 388 g/mol. The van der Waals surface area contributed by atoms with E-state index in [-0.39, 0.29) is 25.2 Å². The van der Waals surface area contributed by atoms with Gasteiger partial charge in [-0.2, -0.15) is 4.98 Å². The quantitative estimate of drug-likeness (QED) is 0.405. The fourth-order valence-corrected chi connectivity index (χ4v) is 2.60. The summed E-state index contributed by atoms with van der Waals surface area (Å²) in [6, 6.07) is 16.5. The molecule has 0 saturated heterocycles. The zero-order valence-corrected chi connectivity index (χ0v) is 16.0. The lowest BCUT2D eigenvalue weighted by molar-refractivity contribution is -0.137. The maximum atomic E-state index is 12.2. The van der Waals surface area contributed by atoms with Crippen molar-refractivity contribution in [1.29, 1.82) is 0 Å². The highest BCUT2D eigenvalue weighted by Gasteiger charge is 2.23. The van der Waals surface area contributed by atoms with Gasteiger partial charge in [-0.15, -0.1) is 0 Å². The summed E-state index contributed by atoms with van der Waals surface area (Å²) >= 11 is 0. The molecule has 3 aromatic rings. The molecule has 0 spiro atoms. The van der Waals surface area contributed by atoms with Crippen LogP contribution >= 0.6 is 0 Å². The molecule has 0 radical (unpaired) electrons. The number of carbonyl (C=O) groups excluding carboxylic acids is 3. The van der Waals surface area contributed by atoms with Gasteiger partial charge < -0.3 is 20.3 Å². The number of nitrogens with two attached hydrogens (primary N) is 1. The number of primary amides is 1. The van der Waals surface area contributed by atoms with Crippen LogP contribution in [-0.2, 0) is 20.8 Å². The van der Waals surface area contributed by atoms with Gasteiger partial charge in [0.05, 0.1) is 6.42 Å². The predicted molar refractivity (Wildman–Crippen MR) is 106 cm³/mol. The molecule has 2 aromatic carbocycles. The Morgan fingerprint density at radius 1 is 1.03 bits per heavy atom. The molecule has 0 aliphatic rings. The van der Waals surface area contributed by atoms with Gasteiger partial charge in [-0.3, -0.25) is 14.4 Å². The number of nitrogens with one attached hydrogen (secondary N) is 1. The largest absolute Gasteiger partial charge is 0.426 e. The molecule has 1 atom stereocenters. The summed E-state index contributed by atoms with van der Waals surface area (Å²) in [5.74, 6) is -0.964. The molecule has 2 amide bonds. The minimum atomic E-state index is -1.18. The van der Waals surface area contributed by atoms with E-state index in [0.29, 0.717) is 11.6 Å². The number of benzene rings is 2. The minimum absolute atomic E-state index is 0.0199. The molecule has 3 N–H and O–H groups in total. The molecule has 30 heavy (non-hydrogen) atoms. The average Bonchev–Trinajstić information content (AvgIpc) is 3.22. The third kappa shape index (κ3) is 5.99. The summed E-state index contributed by atoms with van der Waals surface area (Å²) in [7, 11) is 0. The third-order valence-corrected chi connectivity index (χ3v) is 4.09. The van der Waals surface area contributed by atoms with Gasteiger partial charge >= 0.3 is 5.97 Å². The first kappa shape index (κ1) is 20.7. The first-order valence-electron chi connectivity index (χ1n) is 9.23. The van der Waals surface area contributed by atoms with Crippen molar-refractivity contribution in [1.82, 2.24) is 15.5 Å². The minimum Gasteiger partial charge on any atom is -0.426 e. The molecule has 154 valence electrons. The van der Waals surface area contributed by atoms with Crippen molar-refractivity contribution in [2.45, 2.75) is 25.3 Å². The molecule has 1 aromatic heterocycles. The molecule has 3 rings (SSSR count). The predicted octanol–water partition coefficient (Wildman–Crippen LogP) is 1.63. The molecule has 0 saturated carbocycles. The Labute approximate surface area is 172 Å². The van der Waals surface area contributed by atoms with Crippen LogP contribution in [-0.4, -0.2) is 34.0 Å². The van der Waals surface area contributed by atoms with Crippen molar-refractivity contribution in [3.63, 3.8) is 0 Å². The van der Waals surface area contributed by atoms with E-state index in [0.717, 1.165) is 5.56 Å². The smallest absolute Gasteiger partial charge is 0.313 e. The van der Waals surface area contributed by atoms with Gasteiger partial charge in [0.25, 0.3) is 0 Å². The van der Waals surface area contributed by atoms with Gasteiger partial charge in [-0.25, -0.2) is 0 Å². The van der Waals surface area contributed by atoms with Crippen molar-refractivity contribution >= 4 is 17.8 Å². The molecular formula is C21H20N4O5. The molecule has 9 nitrogen and oxygen atoms in total. The number of esters is 1. The standard InChI is InChI=1S/C21H20N4O5/c22-20(28)16(13-19(27)29-15-9-5-2-6-10-15)23-17(26)11-12-18-24-21(25-30-18)14-7-3-1-4-8-14/h1-10,16H,11-13H2,(H2,22,28)(H,23,26)/t16-/m0/s1. The maximum Gasteiger partial charge on any atom is 0.313 e. The number of aromatic nitrogens is 2. The van der Waals surface area contributed by atoms with Crippen molar-refractivity contribution in [3.05, 3.63) is 66.6 Å². The van der Waals surface area contributed by atoms with Crippen LogP contribution in [0.15, 0.2) is 65.2 Å². The monoisotopic (exact) mass is 408 g/mol. The molecule has 0 bridgehead atoms. The van der Waals surface area contributed by atoms with E-state index in [2.05, 4.69) is 15.5 Å². The first-order chi connectivity index (χ1) is 14.5. The second-order valence-corrected chi connectivity index (χ2v) is 6.39. The average molecular weight is 408 g/mol. The molecule has 0 fully saturated rings. The van der Waals surface area contributed by atoms with E-state index < -0.39 is 23.8 Å². The molecule has 0 aliphatic heterocycles. The second-order valence-electron chi connectivity index (χ2n) is 6.39. The van der Waals surface area contributed by atoms with E-state index in [1.54, 1.807) is 30.3 Å². The summed E-state index contributed by atoms with van der Waals surface area (Å²) in [6.45, 7) is 0. The highest BCUT2D eigenvalue weighted by Crippen LogP contribution is 2.15. The molecule has 9 heteroatoms. The van der Waals surface area contributed by atoms with Crippen LogP contribution in [0.25, 0.3) is 11.4 Å². The summed E-state index contributed by atoms with van der Waals surface area (Å²) in [5, 5.41) is 6.32. The number of hydrogen-bond acceptors (Lipinski definition) is 7. The van der Waals surface area contributed by atoms with Gasteiger partial charge in [0.15, 0.2) is 0 Å². The number of para-hydroxylation sites is 1. The van der Waals surface area contributed by atoms with E-state index in [9.17, 15) is 14.4 Å². The zero-order chi connectivity index (χ0) is 21.3. The highest BCUT2D eigenvalue weighted by atomic mass is 16.5. The summed E-state index contributed by atoms with van der Waals surface area (Å²) in [5.41, 5.74) is 6.09. The Hall–Kier alpha value is -4.01. The molecule has 0 unspecified atom stereocenters. The van der Waals surface area contributed by atoms with Gasteiger partial charge in [0.1, 0.15) is 11.8 Å². The SMILES string of the molecule is NC(=O)[C@H](CC(=O)Oc1ccccc1)NC(=O)CCc1nc(-c2ccccc2)no1. The first-order valence-corrected chi connectivity index (χ1v) is 9.23. The third-order valence-electron chi connectivity index (χ3n) is 4.09. The van der Waals surface area contributed by atoms with Gasteiger partial charge in [-0.1, -0.05) is 53.7 Å². The molecule has 0 aliphatic carbocycles. The Morgan fingerprint density at radius 3 is 2.37 bits per heavy atom. The zero-order valence-electron chi connectivity index (χ0n) is 16.0. The van der Waals surface area contributed by atoms with Crippen molar-refractivity contribution < 1.29 is 23.6 Å².